The van der Waals surface area contributed by atoms with E-state index in [9.17, 15) is 9.18 Å². The Balaban J connectivity index is 1.52. The van der Waals surface area contributed by atoms with Crippen molar-refractivity contribution in [3.63, 3.8) is 0 Å². The molecule has 0 spiro atoms. The highest BCUT2D eigenvalue weighted by molar-refractivity contribution is 7.14. The number of amides is 1. The van der Waals surface area contributed by atoms with E-state index in [1.54, 1.807) is 17.5 Å². The molecule has 1 N–H and O–H groups in total. The smallest absolute Gasteiger partial charge is 0.267 e. The Labute approximate surface area is 152 Å². The summed E-state index contributed by atoms with van der Waals surface area (Å²) >= 11 is 2.78. The van der Waals surface area contributed by atoms with Crippen LogP contribution in [0.15, 0.2) is 35.0 Å². The van der Waals surface area contributed by atoms with Gasteiger partial charge >= 0.3 is 0 Å². The Morgan fingerprint density at radius 3 is 2.88 bits per heavy atom. The zero-order valence-corrected chi connectivity index (χ0v) is 15.0. The van der Waals surface area contributed by atoms with E-state index in [4.69, 9.17) is 4.74 Å². The number of rotatable bonds is 5. The maximum Gasteiger partial charge on any atom is 0.267 e. The average Bonchev–Trinajstić information content (AvgIpc) is 3.15. The first-order chi connectivity index (χ1) is 12.2. The van der Waals surface area contributed by atoms with Crippen molar-refractivity contribution in [3.8, 4) is 17.0 Å². The first-order valence-corrected chi connectivity index (χ1v) is 9.60. The second kappa shape index (κ2) is 6.57. The monoisotopic (exact) mass is 374 g/mol. The number of anilines is 1. The molecule has 3 aromatic rings. The van der Waals surface area contributed by atoms with Crippen LogP contribution in [0, 0.1) is 5.82 Å². The number of hydrogen-bond acceptors (Lipinski definition) is 5. The van der Waals surface area contributed by atoms with Crippen molar-refractivity contribution in [1.82, 2.24) is 4.98 Å². The van der Waals surface area contributed by atoms with Crippen LogP contribution in [-0.4, -0.2) is 18.0 Å². The molecule has 0 unspecified atom stereocenters. The molecule has 1 aliphatic rings. The van der Waals surface area contributed by atoms with Crippen molar-refractivity contribution in [2.45, 2.75) is 18.8 Å². The van der Waals surface area contributed by atoms with Crippen LogP contribution in [0.4, 0.5) is 9.52 Å². The summed E-state index contributed by atoms with van der Waals surface area (Å²) in [6, 6.07) is 6.72. The lowest BCUT2D eigenvalue weighted by Gasteiger charge is -2.03. The topological polar surface area (TPSA) is 51.2 Å². The molecule has 0 saturated heterocycles. The molecule has 2 aromatic heterocycles. The Bertz CT molecular complexity index is 931. The average molecular weight is 374 g/mol. The SMILES string of the molecule is COc1ccc(-c2csc(NC(=O)c3sccc3C3CC3)n2)cc1F. The maximum absolute atomic E-state index is 13.8. The molecule has 1 fully saturated rings. The maximum atomic E-state index is 13.8. The summed E-state index contributed by atoms with van der Waals surface area (Å²) in [4.78, 5) is 17.7. The molecule has 2 heterocycles. The number of methoxy groups -OCH3 is 1. The first kappa shape index (κ1) is 16.2. The Morgan fingerprint density at radius 2 is 2.16 bits per heavy atom. The summed E-state index contributed by atoms with van der Waals surface area (Å²) < 4.78 is 18.8. The minimum absolute atomic E-state index is 0.126. The van der Waals surface area contributed by atoms with Crippen molar-refractivity contribution in [2.75, 3.05) is 12.4 Å². The molecule has 1 saturated carbocycles. The Morgan fingerprint density at radius 1 is 1.32 bits per heavy atom. The van der Waals surface area contributed by atoms with E-state index >= 15 is 0 Å². The van der Waals surface area contributed by atoms with Gasteiger partial charge in [0.05, 0.1) is 17.7 Å². The predicted octanol–water partition coefficient (Wildman–Crippen LogP) is 5.15. The zero-order chi connectivity index (χ0) is 17.4. The number of thiophene rings is 1. The first-order valence-electron chi connectivity index (χ1n) is 7.84. The van der Waals surface area contributed by atoms with Crippen LogP contribution in [0.1, 0.15) is 34.0 Å². The lowest BCUT2D eigenvalue weighted by molar-refractivity contribution is 0.102. The molecule has 4 nitrogen and oxygen atoms in total. The molecule has 0 radical (unpaired) electrons. The molecule has 4 rings (SSSR count). The van der Waals surface area contributed by atoms with Gasteiger partial charge in [-0.3, -0.25) is 10.1 Å². The van der Waals surface area contributed by atoms with Crippen molar-refractivity contribution >= 4 is 33.7 Å². The standard InChI is InChI=1S/C18H15FN2O2S2/c1-23-15-5-4-11(8-13(15)19)14-9-25-18(20-14)21-17(22)16-12(6-7-24-16)10-2-3-10/h4-10H,2-3H2,1H3,(H,20,21,22). The lowest BCUT2D eigenvalue weighted by atomic mass is 10.1. The summed E-state index contributed by atoms with van der Waals surface area (Å²) in [5.41, 5.74) is 2.40. The van der Waals surface area contributed by atoms with Crippen molar-refractivity contribution in [2.24, 2.45) is 0 Å². The van der Waals surface area contributed by atoms with Crippen LogP contribution in [0.5, 0.6) is 5.75 Å². The van der Waals surface area contributed by atoms with Crippen LogP contribution in [-0.2, 0) is 0 Å². The molecule has 1 aliphatic carbocycles. The number of aromatic nitrogens is 1. The molecular weight excluding hydrogens is 359 g/mol. The molecule has 7 heteroatoms. The highest BCUT2D eigenvalue weighted by Gasteiger charge is 2.29. The third kappa shape index (κ3) is 3.29. The van der Waals surface area contributed by atoms with Crippen LogP contribution < -0.4 is 10.1 Å². The fourth-order valence-corrected chi connectivity index (χ4v) is 4.26. The summed E-state index contributed by atoms with van der Waals surface area (Å²) in [6.07, 6.45) is 2.31. The highest BCUT2D eigenvalue weighted by atomic mass is 32.1. The highest BCUT2D eigenvalue weighted by Crippen LogP contribution is 2.43. The van der Waals surface area contributed by atoms with E-state index < -0.39 is 5.82 Å². The number of nitrogens with one attached hydrogen (secondary N) is 1. The summed E-state index contributed by atoms with van der Waals surface area (Å²) in [7, 11) is 1.43. The van der Waals surface area contributed by atoms with Crippen molar-refractivity contribution < 1.29 is 13.9 Å². The molecule has 128 valence electrons. The number of hydrogen-bond donors (Lipinski definition) is 1. The molecule has 0 aliphatic heterocycles. The van der Waals surface area contributed by atoms with Gasteiger partial charge < -0.3 is 4.74 Å². The molecule has 25 heavy (non-hydrogen) atoms. The van der Waals surface area contributed by atoms with E-state index in [-0.39, 0.29) is 11.7 Å². The molecule has 1 amide bonds. The van der Waals surface area contributed by atoms with Gasteiger partial charge in [0.25, 0.3) is 5.91 Å². The molecular formula is C18H15FN2O2S2. The third-order valence-electron chi connectivity index (χ3n) is 4.09. The number of carbonyl (C=O) groups excluding carboxylic acids is 1. The number of thiazole rings is 1. The number of carbonyl (C=O) groups is 1. The van der Waals surface area contributed by atoms with Crippen LogP contribution in [0.3, 0.4) is 0 Å². The molecule has 1 aromatic carbocycles. The summed E-state index contributed by atoms with van der Waals surface area (Å²) in [6.45, 7) is 0. The van der Waals surface area contributed by atoms with Gasteiger partial charge in [-0.05, 0) is 54.0 Å². The summed E-state index contributed by atoms with van der Waals surface area (Å²) in [5, 5.41) is 7.11. The van der Waals surface area contributed by atoms with Gasteiger partial charge in [-0.15, -0.1) is 22.7 Å². The second-order valence-corrected chi connectivity index (χ2v) is 7.59. The Hall–Kier alpha value is -2.25. The molecule has 0 atom stereocenters. The van der Waals surface area contributed by atoms with Gasteiger partial charge in [0.2, 0.25) is 0 Å². The number of halogens is 1. The van der Waals surface area contributed by atoms with E-state index in [1.807, 2.05) is 11.4 Å². The predicted molar refractivity (Wildman–Crippen MR) is 98.3 cm³/mol. The fraction of sp³-hybridized carbons (Fsp3) is 0.222. The Kier molecular flexibility index (Phi) is 4.27. The van der Waals surface area contributed by atoms with Gasteiger partial charge in [0, 0.05) is 10.9 Å². The summed E-state index contributed by atoms with van der Waals surface area (Å²) in [5.74, 6) is 0.156. The van der Waals surface area contributed by atoms with Crippen molar-refractivity contribution in [3.05, 3.63) is 51.3 Å². The third-order valence-corrected chi connectivity index (χ3v) is 5.78. The minimum Gasteiger partial charge on any atom is -0.494 e. The minimum atomic E-state index is -0.439. The van der Waals surface area contributed by atoms with E-state index in [0.717, 1.165) is 23.3 Å². The van der Waals surface area contributed by atoms with Crippen molar-refractivity contribution in [1.29, 1.82) is 0 Å². The lowest BCUT2D eigenvalue weighted by Crippen LogP contribution is -2.11. The van der Waals surface area contributed by atoms with E-state index in [2.05, 4.69) is 10.3 Å². The number of ether oxygens (including phenoxy) is 1. The fourth-order valence-electron chi connectivity index (χ4n) is 2.66. The van der Waals surface area contributed by atoms with Crippen LogP contribution in [0.2, 0.25) is 0 Å². The van der Waals surface area contributed by atoms with Gasteiger partial charge in [0.15, 0.2) is 16.7 Å². The largest absolute Gasteiger partial charge is 0.494 e. The van der Waals surface area contributed by atoms with Crippen LogP contribution >= 0.6 is 22.7 Å². The van der Waals surface area contributed by atoms with Crippen LogP contribution in [0.25, 0.3) is 11.3 Å². The van der Waals surface area contributed by atoms with Gasteiger partial charge in [-0.1, -0.05) is 0 Å². The quantitative estimate of drug-likeness (QED) is 0.672. The second-order valence-electron chi connectivity index (χ2n) is 5.82. The normalized spacial score (nSPS) is 13.7. The number of benzene rings is 1. The zero-order valence-electron chi connectivity index (χ0n) is 13.4. The van der Waals surface area contributed by atoms with E-state index in [0.29, 0.717) is 22.3 Å². The van der Waals surface area contributed by atoms with Gasteiger partial charge in [-0.2, -0.15) is 0 Å². The van der Waals surface area contributed by atoms with Gasteiger partial charge in [0.1, 0.15) is 0 Å². The van der Waals surface area contributed by atoms with E-state index in [1.165, 1.54) is 35.8 Å². The van der Waals surface area contributed by atoms with Gasteiger partial charge in [-0.25, -0.2) is 9.37 Å². The molecule has 0 bridgehead atoms. The number of nitrogens with zero attached hydrogens (tertiary/aromatic N) is 1.